The molecule has 0 bridgehead atoms. The van der Waals surface area contributed by atoms with Crippen molar-refractivity contribution >= 4 is 27.5 Å². The summed E-state index contributed by atoms with van der Waals surface area (Å²) in [4.78, 5) is 21.4. The van der Waals surface area contributed by atoms with Crippen LogP contribution in [-0.4, -0.2) is 61.1 Å². The quantitative estimate of drug-likeness (QED) is 0.813. The maximum atomic E-state index is 12.6. The molecule has 1 aliphatic rings. The lowest BCUT2D eigenvalue weighted by Gasteiger charge is -2.20. The molecular formula is C17H23N3O2S. The Bertz CT molecular complexity index is 640. The minimum atomic E-state index is 0.103. The fourth-order valence-corrected chi connectivity index (χ4v) is 4.06. The molecule has 0 spiro atoms. The van der Waals surface area contributed by atoms with Crippen LogP contribution < -0.4 is 0 Å². The monoisotopic (exact) mass is 333 g/mol. The Labute approximate surface area is 140 Å². The highest BCUT2D eigenvalue weighted by Gasteiger charge is 2.30. The summed E-state index contributed by atoms with van der Waals surface area (Å²) in [5.41, 5.74) is 1.01. The maximum Gasteiger partial charge on any atom is 0.227 e. The van der Waals surface area contributed by atoms with Gasteiger partial charge in [-0.05, 0) is 25.1 Å². The topological polar surface area (TPSA) is 45.7 Å². The molecule has 3 rings (SSSR count). The number of benzene rings is 1. The fraction of sp³-hybridized carbons (Fsp3) is 0.529. The third kappa shape index (κ3) is 3.88. The summed E-state index contributed by atoms with van der Waals surface area (Å²) < 4.78 is 6.29. The number of rotatable bonds is 6. The minimum Gasteiger partial charge on any atom is -0.383 e. The van der Waals surface area contributed by atoms with Gasteiger partial charge in [-0.2, -0.15) is 0 Å². The number of aromatic nitrogens is 1. The van der Waals surface area contributed by atoms with E-state index in [0.717, 1.165) is 43.2 Å². The molecule has 2 heterocycles. The van der Waals surface area contributed by atoms with E-state index in [1.807, 2.05) is 30.1 Å². The van der Waals surface area contributed by atoms with Crippen LogP contribution in [0.4, 0.5) is 0 Å². The van der Waals surface area contributed by atoms with E-state index in [9.17, 15) is 4.79 Å². The number of para-hydroxylation sites is 1. The van der Waals surface area contributed by atoms with Crippen molar-refractivity contribution in [2.24, 2.45) is 5.92 Å². The van der Waals surface area contributed by atoms with Crippen LogP contribution in [-0.2, 0) is 16.1 Å². The lowest BCUT2D eigenvalue weighted by molar-refractivity contribution is -0.134. The predicted molar refractivity (Wildman–Crippen MR) is 92.5 cm³/mol. The van der Waals surface area contributed by atoms with Gasteiger partial charge >= 0.3 is 0 Å². The molecule has 1 atom stereocenters. The van der Waals surface area contributed by atoms with Gasteiger partial charge in [-0.15, -0.1) is 11.3 Å². The summed E-state index contributed by atoms with van der Waals surface area (Å²) >= 11 is 1.67. The van der Waals surface area contributed by atoms with Crippen LogP contribution in [0.1, 0.15) is 11.4 Å². The largest absolute Gasteiger partial charge is 0.383 e. The van der Waals surface area contributed by atoms with Crippen LogP contribution in [0.2, 0.25) is 0 Å². The van der Waals surface area contributed by atoms with Crippen LogP contribution >= 0.6 is 11.3 Å². The summed E-state index contributed by atoms with van der Waals surface area (Å²) in [5.74, 6) is 0.329. The van der Waals surface area contributed by atoms with E-state index in [-0.39, 0.29) is 11.8 Å². The van der Waals surface area contributed by atoms with Crippen molar-refractivity contribution in [2.75, 3.05) is 40.4 Å². The summed E-state index contributed by atoms with van der Waals surface area (Å²) in [6, 6.07) is 8.10. The van der Waals surface area contributed by atoms with Crippen molar-refractivity contribution in [1.82, 2.24) is 14.8 Å². The van der Waals surface area contributed by atoms with Gasteiger partial charge in [0.25, 0.3) is 0 Å². The van der Waals surface area contributed by atoms with Gasteiger partial charge in [-0.1, -0.05) is 12.1 Å². The number of methoxy groups -OCH3 is 1. The normalized spacial score (nSPS) is 18.6. The van der Waals surface area contributed by atoms with Crippen LogP contribution in [0.25, 0.3) is 10.2 Å². The second kappa shape index (κ2) is 7.38. The molecular weight excluding hydrogens is 310 g/mol. The van der Waals surface area contributed by atoms with E-state index in [1.54, 1.807) is 18.4 Å². The number of carbonyl (C=O) groups is 1. The number of hydrogen-bond donors (Lipinski definition) is 0. The first kappa shape index (κ1) is 16.4. The molecule has 1 aliphatic heterocycles. The lowest BCUT2D eigenvalue weighted by atomic mass is 10.1. The van der Waals surface area contributed by atoms with Crippen molar-refractivity contribution < 1.29 is 9.53 Å². The minimum absolute atomic E-state index is 0.103. The molecule has 0 unspecified atom stereocenters. The lowest BCUT2D eigenvalue weighted by Crippen LogP contribution is -2.34. The SMILES string of the molecule is COCCN1CC[C@H](C(=O)N(C)Cc2nc3ccccc3s2)C1. The first-order valence-corrected chi connectivity index (χ1v) is 8.79. The van der Waals surface area contributed by atoms with Crippen molar-refractivity contribution in [3.63, 3.8) is 0 Å². The molecule has 0 saturated carbocycles. The first-order valence-electron chi connectivity index (χ1n) is 7.98. The Morgan fingerprint density at radius 2 is 2.30 bits per heavy atom. The van der Waals surface area contributed by atoms with Crippen LogP contribution in [0.3, 0.4) is 0 Å². The van der Waals surface area contributed by atoms with Crippen LogP contribution in [0.5, 0.6) is 0 Å². The molecule has 1 aromatic heterocycles. The third-order valence-corrected chi connectivity index (χ3v) is 5.34. The van der Waals surface area contributed by atoms with E-state index in [2.05, 4.69) is 16.0 Å². The molecule has 23 heavy (non-hydrogen) atoms. The number of thiazole rings is 1. The standard InChI is InChI=1S/C17H23N3O2S/c1-19(12-16-18-14-5-3-4-6-15(14)23-16)17(21)13-7-8-20(11-13)9-10-22-2/h3-6,13H,7-12H2,1-2H3/t13-/m0/s1. The van der Waals surface area contributed by atoms with E-state index < -0.39 is 0 Å². The molecule has 1 aromatic carbocycles. The van der Waals surface area contributed by atoms with Crippen molar-refractivity contribution in [3.8, 4) is 0 Å². The zero-order valence-electron chi connectivity index (χ0n) is 13.7. The highest BCUT2D eigenvalue weighted by atomic mass is 32.1. The second-order valence-electron chi connectivity index (χ2n) is 6.05. The maximum absolute atomic E-state index is 12.6. The number of nitrogens with zero attached hydrogens (tertiary/aromatic N) is 3. The Morgan fingerprint density at radius 3 is 3.09 bits per heavy atom. The van der Waals surface area contributed by atoms with Crippen LogP contribution in [0, 0.1) is 5.92 Å². The van der Waals surface area contributed by atoms with Crippen molar-refractivity contribution in [2.45, 2.75) is 13.0 Å². The van der Waals surface area contributed by atoms with Crippen molar-refractivity contribution in [1.29, 1.82) is 0 Å². The molecule has 2 aromatic rings. The van der Waals surface area contributed by atoms with Gasteiger partial charge in [0, 0.05) is 27.2 Å². The van der Waals surface area contributed by atoms with Gasteiger partial charge in [0.05, 0.1) is 29.3 Å². The van der Waals surface area contributed by atoms with Gasteiger partial charge in [0.15, 0.2) is 0 Å². The molecule has 5 nitrogen and oxygen atoms in total. The number of fused-ring (bicyclic) bond motifs is 1. The molecule has 6 heteroatoms. The highest BCUT2D eigenvalue weighted by molar-refractivity contribution is 7.18. The number of ether oxygens (including phenoxy) is 1. The molecule has 0 N–H and O–H groups in total. The Morgan fingerprint density at radius 1 is 1.48 bits per heavy atom. The second-order valence-corrected chi connectivity index (χ2v) is 7.16. The first-order chi connectivity index (χ1) is 11.2. The predicted octanol–water partition coefficient (Wildman–Crippen LogP) is 2.22. The average molecular weight is 333 g/mol. The average Bonchev–Trinajstić information content (AvgIpc) is 3.18. The molecule has 0 radical (unpaired) electrons. The Balaban J connectivity index is 1.57. The number of hydrogen-bond acceptors (Lipinski definition) is 5. The number of carbonyl (C=O) groups excluding carboxylic acids is 1. The van der Waals surface area contributed by atoms with Gasteiger partial charge < -0.3 is 14.5 Å². The van der Waals surface area contributed by atoms with E-state index >= 15 is 0 Å². The zero-order chi connectivity index (χ0) is 16.2. The highest BCUT2D eigenvalue weighted by Crippen LogP contribution is 2.24. The summed E-state index contributed by atoms with van der Waals surface area (Å²) in [6.45, 7) is 4.04. The van der Waals surface area contributed by atoms with Crippen LogP contribution in [0.15, 0.2) is 24.3 Å². The van der Waals surface area contributed by atoms with Gasteiger partial charge in [0.2, 0.25) is 5.91 Å². The molecule has 1 fully saturated rings. The summed E-state index contributed by atoms with van der Waals surface area (Å²) in [6.07, 6.45) is 0.937. The summed E-state index contributed by atoms with van der Waals surface area (Å²) in [7, 11) is 3.59. The molecule has 1 amide bonds. The smallest absolute Gasteiger partial charge is 0.227 e. The number of likely N-dealkylation sites (tertiary alicyclic amines) is 1. The zero-order valence-corrected chi connectivity index (χ0v) is 14.5. The summed E-state index contributed by atoms with van der Waals surface area (Å²) in [5, 5.41) is 0.997. The van der Waals surface area contributed by atoms with E-state index in [4.69, 9.17) is 4.74 Å². The number of amides is 1. The van der Waals surface area contributed by atoms with E-state index in [0.29, 0.717) is 6.54 Å². The Kier molecular flexibility index (Phi) is 5.25. The fourth-order valence-electron chi connectivity index (χ4n) is 3.04. The van der Waals surface area contributed by atoms with E-state index in [1.165, 1.54) is 4.70 Å². The van der Waals surface area contributed by atoms with Gasteiger partial charge in [-0.25, -0.2) is 4.98 Å². The molecule has 1 saturated heterocycles. The molecule has 0 aliphatic carbocycles. The van der Waals surface area contributed by atoms with Crippen molar-refractivity contribution in [3.05, 3.63) is 29.3 Å². The Hall–Kier alpha value is -1.50. The van der Waals surface area contributed by atoms with Gasteiger partial charge in [0.1, 0.15) is 5.01 Å². The molecule has 124 valence electrons. The van der Waals surface area contributed by atoms with Gasteiger partial charge in [-0.3, -0.25) is 4.79 Å². The third-order valence-electron chi connectivity index (χ3n) is 4.32.